The molecule has 27 heavy (non-hydrogen) atoms. The summed E-state index contributed by atoms with van der Waals surface area (Å²) in [5, 5.41) is 11.8. The zero-order valence-corrected chi connectivity index (χ0v) is 16.9. The number of nitrogens with zero attached hydrogens (tertiary/aromatic N) is 4. The molecule has 0 spiro atoms. The fraction of sp³-hybridized carbons (Fsp3) is 0.842. The van der Waals surface area contributed by atoms with Crippen LogP contribution in [0.5, 0.6) is 0 Å². The van der Waals surface area contributed by atoms with Crippen LogP contribution < -0.4 is 10.6 Å². The molecule has 4 unspecified atom stereocenters. The summed E-state index contributed by atoms with van der Waals surface area (Å²) in [6, 6.07) is 0.690. The third-order valence-electron chi connectivity index (χ3n) is 6.36. The van der Waals surface area contributed by atoms with Crippen molar-refractivity contribution in [2.24, 2.45) is 16.3 Å². The topological polar surface area (TPSA) is 85.6 Å². The molecule has 8 nitrogen and oxygen atoms in total. The van der Waals surface area contributed by atoms with Gasteiger partial charge in [0, 0.05) is 50.6 Å². The van der Waals surface area contributed by atoms with E-state index in [1.807, 2.05) is 11.7 Å². The molecule has 1 saturated heterocycles. The first-order chi connectivity index (χ1) is 13.0. The van der Waals surface area contributed by atoms with Crippen molar-refractivity contribution in [3.05, 3.63) is 11.6 Å². The lowest BCUT2D eigenvalue weighted by Crippen LogP contribution is -2.71. The number of fused-ring (bicyclic) bond motifs is 2. The normalized spacial score (nSPS) is 32.2. The number of hydrogen-bond acceptors (Lipinski definition) is 5. The molecule has 150 valence electrons. The number of nitrogens with one attached hydrogen (secondary N) is 2. The van der Waals surface area contributed by atoms with Crippen LogP contribution >= 0.6 is 0 Å². The monoisotopic (exact) mass is 376 g/mol. The second kappa shape index (κ2) is 7.39. The van der Waals surface area contributed by atoms with Crippen LogP contribution in [0.2, 0.25) is 0 Å². The highest BCUT2D eigenvalue weighted by Gasteiger charge is 2.58. The van der Waals surface area contributed by atoms with Crippen LogP contribution in [0.4, 0.5) is 0 Å². The van der Waals surface area contributed by atoms with Gasteiger partial charge >= 0.3 is 0 Å². The number of guanidine groups is 1. The lowest BCUT2D eigenvalue weighted by atomic mass is 9.55. The van der Waals surface area contributed by atoms with Gasteiger partial charge in [0.25, 0.3) is 0 Å². The summed E-state index contributed by atoms with van der Waals surface area (Å²) in [4.78, 5) is 9.03. The Morgan fingerprint density at radius 1 is 1.37 bits per heavy atom. The van der Waals surface area contributed by atoms with Crippen molar-refractivity contribution in [1.29, 1.82) is 0 Å². The highest BCUT2D eigenvalue weighted by molar-refractivity contribution is 5.80. The van der Waals surface area contributed by atoms with E-state index in [0.717, 1.165) is 50.0 Å². The Kier molecular flexibility index (Phi) is 5.11. The Labute approximate surface area is 161 Å². The summed E-state index contributed by atoms with van der Waals surface area (Å²) >= 11 is 0. The van der Waals surface area contributed by atoms with Crippen LogP contribution in [0, 0.1) is 11.3 Å². The van der Waals surface area contributed by atoms with Gasteiger partial charge in [0.1, 0.15) is 12.4 Å². The predicted molar refractivity (Wildman–Crippen MR) is 103 cm³/mol. The minimum atomic E-state index is 0.128. The first kappa shape index (κ1) is 18.7. The Balaban J connectivity index is 1.37. The minimum absolute atomic E-state index is 0.128. The van der Waals surface area contributed by atoms with Gasteiger partial charge in [-0.1, -0.05) is 13.8 Å². The van der Waals surface area contributed by atoms with Crippen molar-refractivity contribution < 1.29 is 9.47 Å². The molecule has 3 heterocycles. The van der Waals surface area contributed by atoms with E-state index in [2.05, 4.69) is 39.6 Å². The smallest absolute Gasteiger partial charge is 0.191 e. The maximum atomic E-state index is 6.02. The quantitative estimate of drug-likeness (QED) is 0.605. The second-order valence-electron chi connectivity index (χ2n) is 8.55. The highest BCUT2D eigenvalue weighted by Crippen LogP contribution is 2.51. The molecule has 1 aliphatic carbocycles. The van der Waals surface area contributed by atoms with Crippen LogP contribution in [0.25, 0.3) is 0 Å². The number of aliphatic imine (C=N–C) groups is 1. The third-order valence-corrected chi connectivity index (χ3v) is 6.36. The lowest BCUT2D eigenvalue weighted by molar-refractivity contribution is -0.188. The number of hydrogen-bond donors (Lipinski definition) is 2. The molecular formula is C19H32N6O2. The summed E-state index contributed by atoms with van der Waals surface area (Å²) in [5.74, 6) is 3.26. The van der Waals surface area contributed by atoms with E-state index < -0.39 is 0 Å². The van der Waals surface area contributed by atoms with E-state index in [-0.39, 0.29) is 5.41 Å². The Morgan fingerprint density at radius 2 is 2.22 bits per heavy atom. The number of methoxy groups -OCH3 is 1. The summed E-state index contributed by atoms with van der Waals surface area (Å²) < 4.78 is 13.2. The second-order valence-corrected chi connectivity index (χ2v) is 8.55. The van der Waals surface area contributed by atoms with E-state index >= 15 is 0 Å². The number of aromatic nitrogens is 3. The number of ether oxygens (including phenoxy) is 2. The van der Waals surface area contributed by atoms with Crippen molar-refractivity contribution in [2.45, 2.75) is 70.9 Å². The maximum absolute atomic E-state index is 6.02. The van der Waals surface area contributed by atoms with Crippen LogP contribution in [-0.2, 0) is 29.0 Å². The maximum Gasteiger partial charge on any atom is 0.191 e. The van der Waals surface area contributed by atoms with E-state index in [1.54, 1.807) is 7.11 Å². The van der Waals surface area contributed by atoms with Gasteiger partial charge in [-0.15, -0.1) is 0 Å². The summed E-state index contributed by atoms with van der Waals surface area (Å²) in [7, 11) is 3.51. The molecule has 0 aromatic carbocycles. The molecule has 1 saturated carbocycles. The first-order valence-electron chi connectivity index (χ1n) is 10.1. The number of aryl methyl sites for hydroxylation is 1. The Hall–Kier alpha value is -1.67. The molecule has 1 aromatic heterocycles. The largest absolute Gasteiger partial charge is 0.377 e. The molecule has 0 radical (unpaired) electrons. The first-order valence-corrected chi connectivity index (χ1v) is 10.1. The SMILES string of the molecule is CN=C(NC1CCc2nc(COC)nn2C1)NC1C2CCCOC2C1(C)C. The average Bonchev–Trinajstić information content (AvgIpc) is 3.07. The van der Waals surface area contributed by atoms with E-state index in [0.29, 0.717) is 30.7 Å². The number of rotatable bonds is 4. The molecule has 0 amide bonds. The zero-order valence-electron chi connectivity index (χ0n) is 16.9. The van der Waals surface area contributed by atoms with Gasteiger partial charge in [-0.3, -0.25) is 4.99 Å². The van der Waals surface area contributed by atoms with E-state index in [9.17, 15) is 0 Å². The van der Waals surface area contributed by atoms with Gasteiger partial charge in [-0.2, -0.15) is 5.10 Å². The minimum Gasteiger partial charge on any atom is -0.377 e. The van der Waals surface area contributed by atoms with Gasteiger partial charge in [0.15, 0.2) is 11.8 Å². The molecule has 2 fully saturated rings. The summed E-state index contributed by atoms with van der Waals surface area (Å²) in [5.41, 5.74) is 0.128. The Bertz CT molecular complexity index is 700. The summed E-state index contributed by atoms with van der Waals surface area (Å²) in [6.07, 6.45) is 4.70. The van der Waals surface area contributed by atoms with Gasteiger partial charge in [-0.05, 0) is 19.3 Å². The zero-order chi connectivity index (χ0) is 19.0. The molecule has 4 rings (SSSR count). The van der Waals surface area contributed by atoms with Crippen molar-refractivity contribution in [1.82, 2.24) is 25.4 Å². The fourth-order valence-corrected chi connectivity index (χ4v) is 5.00. The average molecular weight is 377 g/mol. The fourth-order valence-electron chi connectivity index (χ4n) is 5.00. The molecule has 1 aromatic rings. The predicted octanol–water partition coefficient (Wildman–Crippen LogP) is 1.11. The van der Waals surface area contributed by atoms with Gasteiger partial charge in [0.2, 0.25) is 0 Å². The van der Waals surface area contributed by atoms with Crippen molar-refractivity contribution in [2.75, 3.05) is 20.8 Å². The van der Waals surface area contributed by atoms with Crippen LogP contribution in [0.1, 0.15) is 44.8 Å². The molecule has 2 N–H and O–H groups in total. The Morgan fingerprint density at radius 3 is 3.00 bits per heavy atom. The van der Waals surface area contributed by atoms with Gasteiger partial charge in [-0.25, -0.2) is 9.67 Å². The molecular weight excluding hydrogens is 344 g/mol. The lowest BCUT2D eigenvalue weighted by Gasteiger charge is -2.60. The van der Waals surface area contributed by atoms with Gasteiger partial charge in [0.05, 0.1) is 12.6 Å². The van der Waals surface area contributed by atoms with Crippen LogP contribution in [0.15, 0.2) is 4.99 Å². The highest BCUT2D eigenvalue weighted by atomic mass is 16.5. The van der Waals surface area contributed by atoms with Crippen LogP contribution in [0.3, 0.4) is 0 Å². The third kappa shape index (κ3) is 3.45. The van der Waals surface area contributed by atoms with Crippen molar-refractivity contribution >= 4 is 5.96 Å². The van der Waals surface area contributed by atoms with E-state index in [1.165, 1.54) is 6.42 Å². The standard InChI is InChI=1S/C19H32N6O2/c1-19(2)16(13-6-5-9-27-17(13)19)23-18(20-3)21-12-7-8-15-22-14(11-26-4)24-25(15)10-12/h12-13,16-17H,5-11H2,1-4H3,(H2,20,21,23). The van der Waals surface area contributed by atoms with Crippen molar-refractivity contribution in [3.63, 3.8) is 0 Å². The molecule has 0 bridgehead atoms. The molecule has 4 atom stereocenters. The van der Waals surface area contributed by atoms with Gasteiger partial charge < -0.3 is 20.1 Å². The molecule has 8 heteroatoms. The van der Waals surface area contributed by atoms with E-state index in [4.69, 9.17) is 9.47 Å². The summed E-state index contributed by atoms with van der Waals surface area (Å²) in [6.45, 7) is 6.75. The van der Waals surface area contributed by atoms with Crippen LogP contribution in [-0.4, -0.2) is 59.7 Å². The molecule has 2 aliphatic heterocycles. The van der Waals surface area contributed by atoms with Crippen molar-refractivity contribution in [3.8, 4) is 0 Å². The molecule has 3 aliphatic rings.